The molecule has 0 spiro atoms. The molecule has 6 nitrogen and oxygen atoms in total. The first-order chi connectivity index (χ1) is 11.9. The zero-order valence-electron chi connectivity index (χ0n) is 15.4. The lowest BCUT2D eigenvalue weighted by Crippen LogP contribution is -2.56. The van der Waals surface area contributed by atoms with Gasteiger partial charge in [0, 0.05) is 19.1 Å². The second-order valence-electron chi connectivity index (χ2n) is 6.91. The summed E-state index contributed by atoms with van der Waals surface area (Å²) >= 11 is 0. The molecular weight excluding hydrogens is 318 g/mol. The minimum Gasteiger partial charge on any atom is -0.445 e. The van der Waals surface area contributed by atoms with E-state index in [9.17, 15) is 9.59 Å². The summed E-state index contributed by atoms with van der Waals surface area (Å²) in [5.41, 5.74) is 6.68. The van der Waals surface area contributed by atoms with Crippen molar-refractivity contribution >= 4 is 12.0 Å². The van der Waals surface area contributed by atoms with Gasteiger partial charge in [-0.05, 0) is 39.2 Å². The monoisotopic (exact) mass is 347 g/mol. The van der Waals surface area contributed by atoms with Crippen LogP contribution in [0.15, 0.2) is 30.3 Å². The molecule has 1 aromatic carbocycles. The number of ether oxygens (including phenoxy) is 1. The average molecular weight is 347 g/mol. The number of carbonyl (C=O) groups is 2. The number of hydrogen-bond acceptors (Lipinski definition) is 4. The van der Waals surface area contributed by atoms with E-state index in [0.717, 1.165) is 18.4 Å². The smallest absolute Gasteiger partial charge is 0.410 e. The topological polar surface area (TPSA) is 75.9 Å². The lowest BCUT2D eigenvalue weighted by atomic mass is 10.0. The Morgan fingerprint density at radius 2 is 1.96 bits per heavy atom. The molecule has 2 amide bonds. The fourth-order valence-electron chi connectivity index (χ4n) is 3.25. The third-order valence-corrected chi connectivity index (χ3v) is 4.46. The van der Waals surface area contributed by atoms with E-state index in [-0.39, 0.29) is 30.7 Å². The van der Waals surface area contributed by atoms with Gasteiger partial charge in [0.25, 0.3) is 0 Å². The number of rotatable bonds is 5. The molecule has 2 unspecified atom stereocenters. The Balaban J connectivity index is 2.01. The molecule has 1 aliphatic heterocycles. The van der Waals surface area contributed by atoms with Crippen LogP contribution in [-0.2, 0) is 16.1 Å². The summed E-state index contributed by atoms with van der Waals surface area (Å²) in [6, 6.07) is 9.06. The lowest BCUT2D eigenvalue weighted by molar-refractivity contribution is -0.134. The van der Waals surface area contributed by atoms with Gasteiger partial charge in [-0.2, -0.15) is 0 Å². The molecule has 0 aromatic heterocycles. The van der Waals surface area contributed by atoms with Crippen LogP contribution >= 0.6 is 0 Å². The van der Waals surface area contributed by atoms with E-state index >= 15 is 0 Å². The summed E-state index contributed by atoms with van der Waals surface area (Å²) in [5, 5.41) is 0. The molecule has 0 bridgehead atoms. The number of hydrogen-bond donors (Lipinski definition) is 1. The number of amides is 2. The largest absolute Gasteiger partial charge is 0.445 e. The zero-order valence-corrected chi connectivity index (χ0v) is 15.4. The predicted octanol–water partition coefficient (Wildman–Crippen LogP) is 2.37. The van der Waals surface area contributed by atoms with Gasteiger partial charge in [-0.25, -0.2) is 4.79 Å². The Hall–Kier alpha value is -2.08. The highest BCUT2D eigenvalue weighted by molar-refractivity contribution is 5.81. The van der Waals surface area contributed by atoms with E-state index in [1.54, 1.807) is 16.7 Å². The van der Waals surface area contributed by atoms with E-state index in [1.165, 1.54) is 0 Å². The van der Waals surface area contributed by atoms with Crippen molar-refractivity contribution in [3.8, 4) is 0 Å². The molecule has 1 saturated heterocycles. The second kappa shape index (κ2) is 8.85. The van der Waals surface area contributed by atoms with E-state index in [2.05, 4.69) is 0 Å². The summed E-state index contributed by atoms with van der Waals surface area (Å²) in [4.78, 5) is 28.3. The lowest BCUT2D eigenvalue weighted by Gasteiger charge is -2.41. The molecule has 0 aliphatic carbocycles. The number of nitrogens with two attached hydrogens (primary N) is 1. The molecule has 0 radical (unpaired) electrons. The number of piperidine rings is 1. The minimum absolute atomic E-state index is 0.00127. The van der Waals surface area contributed by atoms with Crippen LogP contribution in [0.5, 0.6) is 0 Å². The highest BCUT2D eigenvalue weighted by Crippen LogP contribution is 2.20. The predicted molar refractivity (Wildman–Crippen MR) is 96.9 cm³/mol. The van der Waals surface area contributed by atoms with Crippen molar-refractivity contribution in [2.45, 2.75) is 58.3 Å². The van der Waals surface area contributed by atoms with E-state index in [4.69, 9.17) is 10.5 Å². The molecular formula is C19H29N3O3. The third-order valence-electron chi connectivity index (χ3n) is 4.46. The fourth-order valence-corrected chi connectivity index (χ4v) is 3.25. The Labute approximate surface area is 149 Å². The highest BCUT2D eigenvalue weighted by atomic mass is 16.6. The molecule has 1 aromatic rings. The van der Waals surface area contributed by atoms with Crippen LogP contribution in [0.25, 0.3) is 0 Å². The summed E-state index contributed by atoms with van der Waals surface area (Å²) in [5.74, 6) is -0.0638. The van der Waals surface area contributed by atoms with Gasteiger partial charge in [0.1, 0.15) is 6.61 Å². The maximum Gasteiger partial charge on any atom is 0.410 e. The first kappa shape index (κ1) is 19.2. The van der Waals surface area contributed by atoms with Gasteiger partial charge in [0.2, 0.25) is 5.91 Å². The quantitative estimate of drug-likeness (QED) is 0.887. The zero-order chi connectivity index (χ0) is 18.4. The van der Waals surface area contributed by atoms with Crippen molar-refractivity contribution in [3.05, 3.63) is 35.9 Å². The van der Waals surface area contributed by atoms with Crippen LogP contribution in [0, 0.1) is 0 Å². The molecule has 0 saturated carbocycles. The van der Waals surface area contributed by atoms with Gasteiger partial charge in [0.05, 0.1) is 12.1 Å². The second-order valence-corrected chi connectivity index (χ2v) is 6.91. The van der Waals surface area contributed by atoms with Gasteiger partial charge < -0.3 is 20.3 Å². The van der Waals surface area contributed by atoms with Crippen LogP contribution in [0.4, 0.5) is 4.79 Å². The van der Waals surface area contributed by atoms with Crippen molar-refractivity contribution < 1.29 is 14.3 Å². The Bertz CT molecular complexity index is 575. The molecule has 6 heteroatoms. The number of likely N-dealkylation sites (tertiary alicyclic amines) is 1. The fraction of sp³-hybridized carbons (Fsp3) is 0.579. The molecule has 1 aliphatic rings. The Kier molecular flexibility index (Phi) is 6.82. The van der Waals surface area contributed by atoms with Gasteiger partial charge in [-0.15, -0.1) is 0 Å². The van der Waals surface area contributed by atoms with Crippen LogP contribution in [-0.4, -0.2) is 53.0 Å². The van der Waals surface area contributed by atoms with Gasteiger partial charge in [0.15, 0.2) is 0 Å². The number of nitrogens with zero attached hydrogens (tertiary/aromatic N) is 2. The first-order valence-electron chi connectivity index (χ1n) is 8.93. The van der Waals surface area contributed by atoms with Gasteiger partial charge in [-0.3, -0.25) is 4.79 Å². The molecule has 2 N–H and O–H groups in total. The van der Waals surface area contributed by atoms with Crippen molar-refractivity contribution in [3.63, 3.8) is 0 Å². The van der Waals surface area contributed by atoms with Crippen LogP contribution in [0.2, 0.25) is 0 Å². The van der Waals surface area contributed by atoms with Crippen molar-refractivity contribution in [1.29, 1.82) is 0 Å². The van der Waals surface area contributed by atoms with E-state index in [0.29, 0.717) is 13.1 Å². The molecule has 138 valence electrons. The van der Waals surface area contributed by atoms with E-state index in [1.807, 2.05) is 44.2 Å². The van der Waals surface area contributed by atoms with Crippen molar-refractivity contribution in [2.24, 2.45) is 5.73 Å². The highest BCUT2D eigenvalue weighted by Gasteiger charge is 2.33. The molecule has 1 fully saturated rings. The first-order valence-corrected chi connectivity index (χ1v) is 8.93. The molecule has 25 heavy (non-hydrogen) atoms. The van der Waals surface area contributed by atoms with Crippen molar-refractivity contribution in [1.82, 2.24) is 9.80 Å². The average Bonchev–Trinajstić information content (AvgIpc) is 2.60. The molecule has 1 heterocycles. The summed E-state index contributed by atoms with van der Waals surface area (Å²) < 4.78 is 5.51. The number of benzene rings is 1. The third kappa shape index (κ3) is 5.19. The van der Waals surface area contributed by atoms with Crippen LogP contribution < -0.4 is 5.73 Å². The van der Waals surface area contributed by atoms with Crippen LogP contribution in [0.3, 0.4) is 0 Å². The molecule has 2 atom stereocenters. The summed E-state index contributed by atoms with van der Waals surface area (Å²) in [6.45, 7) is 7.09. The SMILES string of the molecule is CC(N)C(=O)N1CCCC(N(C(=O)OCc2ccccc2)C(C)C)C1. The van der Waals surface area contributed by atoms with Crippen molar-refractivity contribution in [2.75, 3.05) is 13.1 Å². The minimum atomic E-state index is -0.517. The van der Waals surface area contributed by atoms with Gasteiger partial charge in [-0.1, -0.05) is 30.3 Å². The Morgan fingerprint density at radius 1 is 1.28 bits per heavy atom. The maximum atomic E-state index is 12.6. The maximum absolute atomic E-state index is 12.6. The normalized spacial score (nSPS) is 18.8. The summed E-state index contributed by atoms with van der Waals surface area (Å²) in [6.07, 6.45) is 1.39. The van der Waals surface area contributed by atoms with E-state index < -0.39 is 6.04 Å². The Morgan fingerprint density at radius 3 is 2.56 bits per heavy atom. The van der Waals surface area contributed by atoms with Gasteiger partial charge >= 0.3 is 6.09 Å². The number of carbonyl (C=O) groups excluding carboxylic acids is 2. The standard InChI is InChI=1S/C19H29N3O3/c1-14(2)22(19(24)25-13-16-8-5-4-6-9-16)17-10-7-11-21(12-17)18(23)15(3)20/h4-6,8-9,14-15,17H,7,10-13,20H2,1-3H3. The summed E-state index contributed by atoms with van der Waals surface area (Å²) in [7, 11) is 0. The molecule has 2 rings (SSSR count). The van der Waals surface area contributed by atoms with Crippen LogP contribution in [0.1, 0.15) is 39.2 Å².